The van der Waals surface area contributed by atoms with Gasteiger partial charge in [0.2, 0.25) is 0 Å². The minimum atomic E-state index is -0.814. The summed E-state index contributed by atoms with van der Waals surface area (Å²) in [5.41, 5.74) is -0.105. The van der Waals surface area contributed by atoms with Crippen molar-refractivity contribution in [2.45, 2.75) is 32.4 Å². The van der Waals surface area contributed by atoms with Crippen LogP contribution >= 0.6 is 27.5 Å². The van der Waals surface area contributed by atoms with Crippen molar-refractivity contribution in [3.8, 4) is 0 Å². The molecule has 1 aromatic heterocycles. The Hall–Kier alpha value is -0.320. The fourth-order valence-corrected chi connectivity index (χ4v) is 1.42. The Labute approximate surface area is 103 Å². The molecule has 1 heterocycles. The van der Waals surface area contributed by atoms with Crippen molar-refractivity contribution >= 4 is 33.2 Å². The van der Waals surface area contributed by atoms with E-state index in [-0.39, 0.29) is 6.04 Å². The van der Waals surface area contributed by atoms with E-state index in [1.54, 1.807) is 20.0 Å². The van der Waals surface area contributed by atoms with Crippen molar-refractivity contribution in [3.63, 3.8) is 0 Å². The first-order chi connectivity index (χ1) is 6.80. The second-order valence-corrected chi connectivity index (χ2v) is 5.29. The van der Waals surface area contributed by atoms with Gasteiger partial charge in [-0.25, -0.2) is 4.98 Å². The van der Waals surface area contributed by atoms with E-state index in [1.807, 2.05) is 13.0 Å². The Bertz CT molecular complexity index is 352. The van der Waals surface area contributed by atoms with Crippen LogP contribution in [0.4, 0.5) is 5.69 Å². The molecule has 0 bridgehead atoms. The quantitative estimate of drug-likeness (QED) is 0.842. The molecule has 1 unspecified atom stereocenters. The Morgan fingerprint density at radius 3 is 2.73 bits per heavy atom. The van der Waals surface area contributed by atoms with Gasteiger partial charge in [-0.3, -0.25) is 0 Å². The standard InChI is InChI=1S/C10H14BrClN2O/c1-6(10(2,3)15)14-8-4-7(11)5-13-9(8)12/h4-6,14-15H,1-3H3. The summed E-state index contributed by atoms with van der Waals surface area (Å²) in [5.74, 6) is 0. The maximum absolute atomic E-state index is 9.77. The monoisotopic (exact) mass is 292 g/mol. The molecule has 0 spiro atoms. The Kier molecular flexibility index (Phi) is 3.98. The summed E-state index contributed by atoms with van der Waals surface area (Å²) in [6, 6.07) is 1.71. The molecular formula is C10H14BrClN2O. The van der Waals surface area contributed by atoms with Crippen LogP contribution in [0.3, 0.4) is 0 Å². The van der Waals surface area contributed by atoms with Gasteiger partial charge in [-0.15, -0.1) is 0 Å². The van der Waals surface area contributed by atoms with Crippen molar-refractivity contribution in [1.29, 1.82) is 0 Å². The highest BCUT2D eigenvalue weighted by Crippen LogP contribution is 2.25. The van der Waals surface area contributed by atoms with Gasteiger partial charge in [0.1, 0.15) is 0 Å². The maximum atomic E-state index is 9.77. The van der Waals surface area contributed by atoms with E-state index in [0.717, 1.165) is 4.47 Å². The Morgan fingerprint density at radius 2 is 2.20 bits per heavy atom. The van der Waals surface area contributed by atoms with E-state index in [0.29, 0.717) is 10.8 Å². The molecule has 0 amide bonds. The van der Waals surface area contributed by atoms with Gasteiger partial charge in [0, 0.05) is 10.7 Å². The summed E-state index contributed by atoms with van der Waals surface area (Å²) in [5, 5.41) is 13.3. The normalized spacial score (nSPS) is 13.7. The van der Waals surface area contributed by atoms with Gasteiger partial charge in [0.25, 0.3) is 0 Å². The summed E-state index contributed by atoms with van der Waals surface area (Å²) < 4.78 is 0.845. The van der Waals surface area contributed by atoms with Gasteiger partial charge < -0.3 is 10.4 Å². The smallest absolute Gasteiger partial charge is 0.152 e. The molecule has 1 rings (SSSR count). The Morgan fingerprint density at radius 1 is 1.60 bits per heavy atom. The van der Waals surface area contributed by atoms with Crippen molar-refractivity contribution in [1.82, 2.24) is 4.98 Å². The lowest BCUT2D eigenvalue weighted by atomic mass is 10.0. The minimum absolute atomic E-state index is 0.119. The highest BCUT2D eigenvalue weighted by atomic mass is 79.9. The number of pyridine rings is 1. The predicted molar refractivity (Wildman–Crippen MR) is 66.3 cm³/mol. The van der Waals surface area contributed by atoms with E-state index in [1.165, 1.54) is 0 Å². The van der Waals surface area contributed by atoms with Crippen LogP contribution in [0.1, 0.15) is 20.8 Å². The molecule has 5 heteroatoms. The van der Waals surface area contributed by atoms with Gasteiger partial charge in [0.15, 0.2) is 5.15 Å². The van der Waals surface area contributed by atoms with Crippen LogP contribution in [0.25, 0.3) is 0 Å². The van der Waals surface area contributed by atoms with Crippen molar-refractivity contribution in [2.24, 2.45) is 0 Å². The molecule has 1 atom stereocenters. The zero-order chi connectivity index (χ0) is 11.6. The largest absolute Gasteiger partial charge is 0.388 e. The molecule has 1 aromatic rings. The van der Waals surface area contributed by atoms with Crippen LogP contribution in [-0.2, 0) is 0 Å². The van der Waals surface area contributed by atoms with Crippen LogP contribution in [0.15, 0.2) is 16.7 Å². The van der Waals surface area contributed by atoms with E-state index in [2.05, 4.69) is 26.2 Å². The summed E-state index contributed by atoms with van der Waals surface area (Å²) in [7, 11) is 0. The third-order valence-corrected chi connectivity index (χ3v) is 2.97. The fraction of sp³-hybridized carbons (Fsp3) is 0.500. The topological polar surface area (TPSA) is 45.2 Å². The zero-order valence-corrected chi connectivity index (χ0v) is 11.2. The lowest BCUT2D eigenvalue weighted by Crippen LogP contribution is -2.39. The number of nitrogens with one attached hydrogen (secondary N) is 1. The van der Waals surface area contributed by atoms with Gasteiger partial charge in [-0.05, 0) is 42.8 Å². The molecule has 84 valence electrons. The van der Waals surface area contributed by atoms with Crippen molar-refractivity contribution in [2.75, 3.05) is 5.32 Å². The molecule has 2 N–H and O–H groups in total. The number of anilines is 1. The van der Waals surface area contributed by atoms with Crippen LogP contribution in [0, 0.1) is 0 Å². The molecule has 0 aliphatic carbocycles. The number of aromatic nitrogens is 1. The van der Waals surface area contributed by atoms with Crippen molar-refractivity contribution in [3.05, 3.63) is 21.9 Å². The maximum Gasteiger partial charge on any atom is 0.152 e. The SMILES string of the molecule is CC(Nc1cc(Br)cnc1Cl)C(C)(C)O. The third kappa shape index (κ3) is 3.63. The molecular weight excluding hydrogens is 279 g/mol. The average Bonchev–Trinajstić information content (AvgIpc) is 2.09. The number of halogens is 2. The van der Waals surface area contributed by atoms with E-state index < -0.39 is 5.60 Å². The average molecular weight is 294 g/mol. The first-order valence-electron chi connectivity index (χ1n) is 4.60. The number of hydrogen-bond acceptors (Lipinski definition) is 3. The summed E-state index contributed by atoms with van der Waals surface area (Å²) in [4.78, 5) is 3.99. The summed E-state index contributed by atoms with van der Waals surface area (Å²) in [6.45, 7) is 5.37. The lowest BCUT2D eigenvalue weighted by Gasteiger charge is -2.27. The van der Waals surface area contributed by atoms with Crippen LogP contribution in [-0.4, -0.2) is 21.7 Å². The molecule has 0 saturated heterocycles. The molecule has 0 fully saturated rings. The second kappa shape index (κ2) is 4.68. The summed E-state index contributed by atoms with van der Waals surface area (Å²) in [6.07, 6.45) is 1.63. The van der Waals surface area contributed by atoms with Gasteiger partial charge in [0.05, 0.1) is 17.3 Å². The van der Waals surface area contributed by atoms with Gasteiger partial charge in [-0.1, -0.05) is 11.6 Å². The number of aliphatic hydroxyl groups is 1. The first kappa shape index (κ1) is 12.7. The number of nitrogens with zero attached hydrogens (tertiary/aromatic N) is 1. The molecule has 0 aromatic carbocycles. The molecule has 0 saturated carbocycles. The molecule has 0 radical (unpaired) electrons. The highest BCUT2D eigenvalue weighted by molar-refractivity contribution is 9.10. The molecule has 3 nitrogen and oxygen atoms in total. The number of hydrogen-bond donors (Lipinski definition) is 2. The first-order valence-corrected chi connectivity index (χ1v) is 5.78. The number of rotatable bonds is 3. The summed E-state index contributed by atoms with van der Waals surface area (Å²) >= 11 is 9.23. The van der Waals surface area contributed by atoms with Crippen LogP contribution in [0.2, 0.25) is 5.15 Å². The van der Waals surface area contributed by atoms with Gasteiger partial charge in [-0.2, -0.15) is 0 Å². The third-order valence-electron chi connectivity index (χ3n) is 2.24. The van der Waals surface area contributed by atoms with Crippen LogP contribution < -0.4 is 5.32 Å². The molecule has 0 aliphatic rings. The van der Waals surface area contributed by atoms with E-state index in [9.17, 15) is 5.11 Å². The van der Waals surface area contributed by atoms with E-state index >= 15 is 0 Å². The second-order valence-electron chi connectivity index (χ2n) is 4.01. The highest BCUT2D eigenvalue weighted by Gasteiger charge is 2.22. The molecule has 15 heavy (non-hydrogen) atoms. The Balaban J connectivity index is 2.85. The lowest BCUT2D eigenvalue weighted by molar-refractivity contribution is 0.0649. The zero-order valence-electron chi connectivity index (χ0n) is 8.88. The van der Waals surface area contributed by atoms with Gasteiger partial charge >= 0.3 is 0 Å². The minimum Gasteiger partial charge on any atom is -0.388 e. The fourth-order valence-electron chi connectivity index (χ4n) is 0.934. The van der Waals surface area contributed by atoms with Crippen LogP contribution in [0.5, 0.6) is 0 Å². The molecule has 0 aliphatic heterocycles. The predicted octanol–water partition coefficient (Wildman–Crippen LogP) is 3.07. The van der Waals surface area contributed by atoms with E-state index in [4.69, 9.17) is 11.6 Å². The van der Waals surface area contributed by atoms with Crippen molar-refractivity contribution < 1.29 is 5.11 Å².